The van der Waals surface area contributed by atoms with E-state index in [9.17, 15) is 9.59 Å². The van der Waals surface area contributed by atoms with Crippen molar-refractivity contribution >= 4 is 18.2 Å². The van der Waals surface area contributed by atoms with Crippen molar-refractivity contribution in [3.8, 4) is 0 Å². The Morgan fingerprint density at radius 1 is 1.21 bits per heavy atom. The third kappa shape index (κ3) is 2.30. The van der Waals surface area contributed by atoms with Crippen molar-refractivity contribution in [2.45, 2.75) is 0 Å². The van der Waals surface area contributed by atoms with Gasteiger partial charge in [-0.3, -0.25) is 4.79 Å². The lowest BCUT2D eigenvalue weighted by Crippen LogP contribution is -2.50. The number of rotatable bonds is 1. The first kappa shape index (κ1) is 10.2. The highest BCUT2D eigenvalue weighted by Gasteiger charge is 2.24. The number of carbonyl (C=O) groups excluding carboxylic acids is 1. The zero-order valence-electron chi connectivity index (χ0n) is 7.46. The van der Waals surface area contributed by atoms with Crippen LogP contribution in [0.25, 0.3) is 5.53 Å². The zero-order chi connectivity index (χ0) is 10.6. The molecule has 0 aliphatic carbocycles. The number of carbonyl (C=O) groups is 2. The maximum atomic E-state index is 11.1. The third-order valence-corrected chi connectivity index (χ3v) is 2.03. The van der Waals surface area contributed by atoms with Crippen molar-refractivity contribution < 1.29 is 19.5 Å². The SMILES string of the molecule is [N-]=[N+]=CC(=O)N1CCN(C(=O)O)CC1. The summed E-state index contributed by atoms with van der Waals surface area (Å²) in [6.45, 7) is 1.25. The van der Waals surface area contributed by atoms with Crippen molar-refractivity contribution in [2.24, 2.45) is 0 Å². The first-order valence-electron chi connectivity index (χ1n) is 4.09. The van der Waals surface area contributed by atoms with E-state index in [-0.39, 0.29) is 0 Å². The molecule has 0 aromatic heterocycles. The summed E-state index contributed by atoms with van der Waals surface area (Å²) >= 11 is 0. The monoisotopic (exact) mass is 198 g/mol. The van der Waals surface area contributed by atoms with E-state index < -0.39 is 12.0 Å². The molecule has 2 amide bonds. The van der Waals surface area contributed by atoms with Gasteiger partial charge in [-0.2, -0.15) is 4.79 Å². The Hall–Kier alpha value is -1.88. The first-order valence-corrected chi connectivity index (χ1v) is 4.09. The quantitative estimate of drug-likeness (QED) is 0.336. The van der Waals surface area contributed by atoms with Gasteiger partial charge in [0.2, 0.25) is 0 Å². The van der Waals surface area contributed by atoms with Crippen LogP contribution in [0, 0.1) is 0 Å². The average Bonchev–Trinajstić information content (AvgIpc) is 2.18. The highest BCUT2D eigenvalue weighted by Crippen LogP contribution is 2.01. The van der Waals surface area contributed by atoms with Crippen molar-refractivity contribution in [1.29, 1.82) is 0 Å². The number of nitrogens with zero attached hydrogens (tertiary/aromatic N) is 4. The van der Waals surface area contributed by atoms with Crippen molar-refractivity contribution in [1.82, 2.24) is 9.80 Å². The molecule has 1 N–H and O–H groups in total. The molecular weight excluding hydrogens is 188 g/mol. The highest BCUT2D eigenvalue weighted by atomic mass is 16.4. The lowest BCUT2D eigenvalue weighted by atomic mass is 10.3. The Bertz CT molecular complexity index is 289. The largest absolute Gasteiger partial charge is 0.465 e. The van der Waals surface area contributed by atoms with Crippen LogP contribution in [0.5, 0.6) is 0 Å². The van der Waals surface area contributed by atoms with Crippen LogP contribution in [0.4, 0.5) is 4.79 Å². The smallest absolute Gasteiger partial charge is 0.407 e. The minimum Gasteiger partial charge on any atom is -0.465 e. The Morgan fingerprint density at radius 2 is 1.71 bits per heavy atom. The second-order valence-corrected chi connectivity index (χ2v) is 2.84. The number of carboxylic acid groups (broad SMARTS) is 1. The van der Waals surface area contributed by atoms with E-state index in [1.54, 1.807) is 0 Å². The third-order valence-electron chi connectivity index (χ3n) is 2.03. The second-order valence-electron chi connectivity index (χ2n) is 2.84. The van der Waals surface area contributed by atoms with Crippen LogP contribution in [0.2, 0.25) is 0 Å². The molecule has 0 bridgehead atoms. The summed E-state index contributed by atoms with van der Waals surface area (Å²) in [6.07, 6.45) is -0.177. The van der Waals surface area contributed by atoms with E-state index in [1.807, 2.05) is 0 Å². The molecule has 1 heterocycles. The molecule has 76 valence electrons. The molecule has 0 atom stereocenters. The maximum Gasteiger partial charge on any atom is 0.407 e. The Labute approximate surface area is 80.1 Å². The zero-order valence-corrected chi connectivity index (χ0v) is 7.46. The van der Waals surface area contributed by atoms with E-state index in [4.69, 9.17) is 10.6 Å². The van der Waals surface area contributed by atoms with Gasteiger partial charge in [0.25, 0.3) is 0 Å². The number of hydrogen-bond acceptors (Lipinski definition) is 2. The second kappa shape index (κ2) is 4.38. The van der Waals surface area contributed by atoms with E-state index in [1.165, 1.54) is 9.80 Å². The van der Waals surface area contributed by atoms with Crippen LogP contribution >= 0.6 is 0 Å². The van der Waals surface area contributed by atoms with E-state index >= 15 is 0 Å². The molecule has 0 aromatic carbocycles. The minimum absolute atomic E-state index is 0.292. The van der Waals surface area contributed by atoms with Crippen LogP contribution < -0.4 is 0 Å². The molecule has 7 heteroatoms. The van der Waals surface area contributed by atoms with Crippen LogP contribution in [-0.4, -0.2) is 64.1 Å². The van der Waals surface area contributed by atoms with Crippen LogP contribution in [-0.2, 0) is 4.79 Å². The molecule has 0 saturated carbocycles. The molecule has 0 radical (unpaired) electrons. The lowest BCUT2D eigenvalue weighted by Gasteiger charge is -2.31. The minimum atomic E-state index is -0.979. The first-order chi connectivity index (χ1) is 6.65. The molecule has 7 nitrogen and oxygen atoms in total. The van der Waals surface area contributed by atoms with Gasteiger partial charge in [-0.05, 0) is 0 Å². The number of hydrogen-bond donors (Lipinski definition) is 1. The van der Waals surface area contributed by atoms with E-state index in [2.05, 4.69) is 4.79 Å². The summed E-state index contributed by atoms with van der Waals surface area (Å²) in [7, 11) is 0. The molecule has 1 aliphatic rings. The van der Waals surface area contributed by atoms with Gasteiger partial charge in [-0.15, -0.1) is 0 Å². The van der Waals surface area contributed by atoms with Crippen molar-refractivity contribution in [2.75, 3.05) is 26.2 Å². The van der Waals surface area contributed by atoms with Gasteiger partial charge < -0.3 is 20.4 Å². The average molecular weight is 198 g/mol. The summed E-state index contributed by atoms with van der Waals surface area (Å²) in [5.41, 5.74) is 8.12. The van der Waals surface area contributed by atoms with Gasteiger partial charge >= 0.3 is 18.2 Å². The standard InChI is InChI=1S/C7H10N4O3/c8-9-5-6(12)10-1-3-11(4-2-10)7(13)14/h5H,1-4H2,(H,13,14). The van der Waals surface area contributed by atoms with E-state index in [0.717, 1.165) is 6.21 Å². The Balaban J connectivity index is 2.46. The fourth-order valence-corrected chi connectivity index (χ4v) is 1.25. The van der Waals surface area contributed by atoms with Gasteiger partial charge in [-0.25, -0.2) is 4.79 Å². The molecule has 0 aromatic rings. The van der Waals surface area contributed by atoms with Gasteiger partial charge in [0, 0.05) is 26.2 Å². The molecule has 0 spiro atoms. The van der Waals surface area contributed by atoms with Crippen molar-refractivity contribution in [3.63, 3.8) is 0 Å². The topological polar surface area (TPSA) is 97.3 Å². The summed E-state index contributed by atoms with van der Waals surface area (Å²) in [6, 6.07) is 0. The van der Waals surface area contributed by atoms with Crippen molar-refractivity contribution in [3.05, 3.63) is 5.53 Å². The van der Waals surface area contributed by atoms with Gasteiger partial charge in [0.1, 0.15) is 0 Å². The molecule has 14 heavy (non-hydrogen) atoms. The predicted molar refractivity (Wildman–Crippen MR) is 45.9 cm³/mol. The van der Waals surface area contributed by atoms with Crippen LogP contribution in [0.1, 0.15) is 0 Å². The Morgan fingerprint density at radius 3 is 2.14 bits per heavy atom. The summed E-state index contributed by atoms with van der Waals surface area (Å²) in [4.78, 5) is 26.9. The molecule has 1 fully saturated rings. The molecule has 0 unspecified atom stereocenters. The molecule has 1 saturated heterocycles. The normalized spacial score (nSPS) is 16.0. The van der Waals surface area contributed by atoms with Gasteiger partial charge in [0.15, 0.2) is 0 Å². The van der Waals surface area contributed by atoms with Gasteiger partial charge in [-0.1, -0.05) is 0 Å². The van der Waals surface area contributed by atoms with Gasteiger partial charge in [0.05, 0.1) is 0 Å². The Kier molecular flexibility index (Phi) is 3.19. The van der Waals surface area contributed by atoms with Crippen LogP contribution in [0.15, 0.2) is 0 Å². The predicted octanol–water partition coefficient (Wildman–Crippen LogP) is -0.891. The highest BCUT2D eigenvalue weighted by molar-refractivity contribution is 6.23. The maximum absolute atomic E-state index is 11.1. The van der Waals surface area contributed by atoms with E-state index in [0.29, 0.717) is 26.2 Å². The lowest BCUT2D eigenvalue weighted by molar-refractivity contribution is -0.128. The fraction of sp³-hybridized carbons (Fsp3) is 0.571. The molecular formula is C7H10N4O3. The molecule has 1 rings (SSSR count). The number of amides is 2. The molecule has 1 aliphatic heterocycles. The summed E-state index contributed by atoms with van der Waals surface area (Å²) in [5.74, 6) is -0.405. The summed E-state index contributed by atoms with van der Waals surface area (Å²) in [5, 5.41) is 8.62. The summed E-state index contributed by atoms with van der Waals surface area (Å²) < 4.78 is 0. The number of piperazine rings is 1. The fourth-order valence-electron chi connectivity index (χ4n) is 1.25. The van der Waals surface area contributed by atoms with Crippen LogP contribution in [0.3, 0.4) is 0 Å².